The molecule has 0 aliphatic carbocycles. The number of aromatic nitrogens is 3. The van der Waals surface area contributed by atoms with Crippen molar-refractivity contribution in [1.29, 1.82) is 5.26 Å². The maximum atomic E-state index is 9.03. The van der Waals surface area contributed by atoms with Crippen molar-refractivity contribution in [3.05, 3.63) is 40.9 Å². The van der Waals surface area contributed by atoms with Crippen molar-refractivity contribution in [3.8, 4) is 11.8 Å². The summed E-state index contributed by atoms with van der Waals surface area (Å²) in [4.78, 5) is 4.17. The Labute approximate surface area is 122 Å². The van der Waals surface area contributed by atoms with Crippen LogP contribution in [0.4, 0.5) is 0 Å². The maximum Gasteiger partial charge on any atom is 0.164 e. The molecular formula is C14H15ClN4O. The molecule has 20 heavy (non-hydrogen) atoms. The van der Waals surface area contributed by atoms with Gasteiger partial charge in [-0.2, -0.15) is 10.4 Å². The summed E-state index contributed by atoms with van der Waals surface area (Å²) < 4.78 is 7.45. The Morgan fingerprint density at radius 3 is 2.95 bits per heavy atom. The smallest absolute Gasteiger partial charge is 0.164 e. The third-order valence-electron chi connectivity index (χ3n) is 2.65. The molecule has 0 bridgehead atoms. The van der Waals surface area contributed by atoms with Gasteiger partial charge in [-0.3, -0.25) is 0 Å². The van der Waals surface area contributed by atoms with Gasteiger partial charge in [0.15, 0.2) is 5.82 Å². The molecule has 0 atom stereocenters. The SMILES string of the molecule is CC(C)Cn1ncnc1COc1cc(Cl)ccc1C#N. The number of hydrogen-bond acceptors (Lipinski definition) is 4. The first-order valence-electron chi connectivity index (χ1n) is 6.29. The van der Waals surface area contributed by atoms with Crippen molar-refractivity contribution in [2.75, 3.05) is 0 Å². The average molecular weight is 291 g/mol. The van der Waals surface area contributed by atoms with Gasteiger partial charge in [-0.15, -0.1) is 0 Å². The third kappa shape index (κ3) is 3.49. The molecule has 0 radical (unpaired) electrons. The number of nitrogens with zero attached hydrogens (tertiary/aromatic N) is 4. The minimum atomic E-state index is 0.252. The fourth-order valence-electron chi connectivity index (χ4n) is 1.75. The van der Waals surface area contributed by atoms with Gasteiger partial charge in [-0.25, -0.2) is 9.67 Å². The molecule has 0 saturated heterocycles. The van der Waals surface area contributed by atoms with E-state index in [1.165, 1.54) is 6.33 Å². The normalized spacial score (nSPS) is 10.6. The quantitative estimate of drug-likeness (QED) is 0.849. The molecule has 2 aromatic rings. The number of hydrogen-bond donors (Lipinski definition) is 0. The van der Waals surface area contributed by atoms with Crippen LogP contribution in [0.5, 0.6) is 5.75 Å². The van der Waals surface area contributed by atoms with Crippen molar-refractivity contribution < 1.29 is 4.74 Å². The van der Waals surface area contributed by atoms with E-state index in [4.69, 9.17) is 21.6 Å². The van der Waals surface area contributed by atoms with E-state index >= 15 is 0 Å². The van der Waals surface area contributed by atoms with Crippen LogP contribution in [-0.4, -0.2) is 14.8 Å². The summed E-state index contributed by atoms with van der Waals surface area (Å²) in [7, 11) is 0. The molecule has 2 rings (SSSR count). The molecule has 0 amide bonds. The van der Waals surface area contributed by atoms with E-state index in [1.807, 2.05) is 0 Å². The van der Waals surface area contributed by atoms with Gasteiger partial charge >= 0.3 is 0 Å². The zero-order valence-electron chi connectivity index (χ0n) is 11.4. The highest BCUT2D eigenvalue weighted by Gasteiger charge is 2.09. The number of benzene rings is 1. The molecule has 0 spiro atoms. The van der Waals surface area contributed by atoms with E-state index in [-0.39, 0.29) is 6.61 Å². The number of rotatable bonds is 5. The highest BCUT2D eigenvalue weighted by molar-refractivity contribution is 6.30. The van der Waals surface area contributed by atoms with E-state index < -0.39 is 0 Å². The lowest BCUT2D eigenvalue weighted by Crippen LogP contribution is -2.12. The number of ether oxygens (including phenoxy) is 1. The first-order valence-corrected chi connectivity index (χ1v) is 6.67. The predicted molar refractivity (Wildman–Crippen MR) is 75.4 cm³/mol. The third-order valence-corrected chi connectivity index (χ3v) is 2.89. The highest BCUT2D eigenvalue weighted by Crippen LogP contribution is 2.23. The van der Waals surface area contributed by atoms with Crippen molar-refractivity contribution in [1.82, 2.24) is 14.8 Å². The van der Waals surface area contributed by atoms with Crippen LogP contribution in [0, 0.1) is 17.2 Å². The van der Waals surface area contributed by atoms with Crippen LogP contribution >= 0.6 is 11.6 Å². The molecule has 1 heterocycles. The molecular weight excluding hydrogens is 276 g/mol. The molecule has 5 nitrogen and oxygen atoms in total. The number of halogens is 1. The van der Waals surface area contributed by atoms with Crippen LogP contribution in [0.1, 0.15) is 25.2 Å². The molecule has 6 heteroatoms. The van der Waals surface area contributed by atoms with E-state index in [0.29, 0.717) is 22.3 Å². The van der Waals surface area contributed by atoms with Gasteiger partial charge in [0.25, 0.3) is 0 Å². The fourth-order valence-corrected chi connectivity index (χ4v) is 1.91. The summed E-state index contributed by atoms with van der Waals surface area (Å²) >= 11 is 5.91. The van der Waals surface area contributed by atoms with Crippen LogP contribution in [-0.2, 0) is 13.2 Å². The van der Waals surface area contributed by atoms with Gasteiger partial charge in [0.1, 0.15) is 24.8 Å². The zero-order chi connectivity index (χ0) is 14.5. The minimum absolute atomic E-state index is 0.252. The number of nitriles is 1. The molecule has 0 unspecified atom stereocenters. The van der Waals surface area contributed by atoms with Crippen LogP contribution in [0.15, 0.2) is 24.5 Å². The lowest BCUT2D eigenvalue weighted by molar-refractivity contribution is 0.282. The van der Waals surface area contributed by atoms with Crippen molar-refractivity contribution in [2.24, 2.45) is 5.92 Å². The second-order valence-electron chi connectivity index (χ2n) is 4.79. The summed E-state index contributed by atoms with van der Waals surface area (Å²) in [6.07, 6.45) is 1.50. The van der Waals surface area contributed by atoms with Gasteiger partial charge in [0, 0.05) is 17.6 Å². The van der Waals surface area contributed by atoms with Crippen molar-refractivity contribution >= 4 is 11.6 Å². The molecule has 0 aliphatic heterocycles. The van der Waals surface area contributed by atoms with E-state index in [2.05, 4.69) is 30.0 Å². The predicted octanol–water partition coefficient (Wildman–Crippen LogP) is 3.04. The molecule has 0 saturated carbocycles. The monoisotopic (exact) mass is 290 g/mol. The Hall–Kier alpha value is -2.06. The van der Waals surface area contributed by atoms with Crippen LogP contribution < -0.4 is 4.74 Å². The summed E-state index contributed by atoms with van der Waals surface area (Å²) in [6.45, 7) is 5.25. The van der Waals surface area contributed by atoms with Gasteiger partial charge in [-0.1, -0.05) is 25.4 Å². The topological polar surface area (TPSA) is 63.7 Å². The summed E-state index contributed by atoms with van der Waals surface area (Å²) in [6, 6.07) is 7.00. The van der Waals surface area contributed by atoms with Gasteiger partial charge < -0.3 is 4.74 Å². The lowest BCUT2D eigenvalue weighted by Gasteiger charge is -2.10. The van der Waals surface area contributed by atoms with Crippen molar-refractivity contribution in [3.63, 3.8) is 0 Å². The second kappa shape index (κ2) is 6.40. The van der Waals surface area contributed by atoms with E-state index in [1.54, 1.807) is 22.9 Å². The van der Waals surface area contributed by atoms with E-state index in [0.717, 1.165) is 12.4 Å². The Morgan fingerprint density at radius 2 is 2.25 bits per heavy atom. The van der Waals surface area contributed by atoms with Gasteiger partial charge in [0.05, 0.1) is 5.56 Å². The Balaban J connectivity index is 2.11. The zero-order valence-corrected chi connectivity index (χ0v) is 12.1. The largest absolute Gasteiger partial charge is 0.484 e. The Kier molecular flexibility index (Phi) is 4.59. The first kappa shape index (κ1) is 14.4. The molecule has 0 fully saturated rings. The fraction of sp³-hybridized carbons (Fsp3) is 0.357. The highest BCUT2D eigenvalue weighted by atomic mass is 35.5. The minimum Gasteiger partial charge on any atom is -0.484 e. The Bertz CT molecular complexity index is 630. The Morgan fingerprint density at radius 1 is 1.45 bits per heavy atom. The molecule has 1 aromatic carbocycles. The van der Waals surface area contributed by atoms with E-state index in [9.17, 15) is 0 Å². The summed E-state index contributed by atoms with van der Waals surface area (Å²) in [5.41, 5.74) is 0.448. The van der Waals surface area contributed by atoms with Gasteiger partial charge in [0.2, 0.25) is 0 Å². The van der Waals surface area contributed by atoms with Crippen LogP contribution in [0.3, 0.4) is 0 Å². The standard InChI is InChI=1S/C14H15ClN4O/c1-10(2)7-19-14(17-9-18-19)8-20-13-5-12(15)4-3-11(13)6-16/h3-5,9-10H,7-8H2,1-2H3. The maximum absolute atomic E-state index is 9.03. The van der Waals surface area contributed by atoms with Crippen LogP contribution in [0.2, 0.25) is 5.02 Å². The second-order valence-corrected chi connectivity index (χ2v) is 5.23. The molecule has 104 valence electrons. The average Bonchev–Trinajstić information content (AvgIpc) is 2.83. The van der Waals surface area contributed by atoms with Crippen molar-refractivity contribution in [2.45, 2.75) is 27.0 Å². The molecule has 0 aliphatic rings. The first-order chi connectivity index (χ1) is 9.60. The molecule has 0 N–H and O–H groups in total. The lowest BCUT2D eigenvalue weighted by atomic mass is 10.2. The van der Waals surface area contributed by atoms with Gasteiger partial charge in [-0.05, 0) is 18.1 Å². The molecule has 1 aromatic heterocycles. The summed E-state index contributed by atoms with van der Waals surface area (Å²) in [5.74, 6) is 1.65. The van der Waals surface area contributed by atoms with Crippen LogP contribution in [0.25, 0.3) is 0 Å². The summed E-state index contributed by atoms with van der Waals surface area (Å²) in [5, 5.41) is 13.7.